The van der Waals surface area contributed by atoms with E-state index in [0.29, 0.717) is 6.54 Å². The van der Waals surface area contributed by atoms with E-state index in [4.69, 9.17) is 0 Å². The van der Waals surface area contributed by atoms with Crippen LogP contribution < -0.4 is 10.6 Å². The lowest BCUT2D eigenvalue weighted by Gasteiger charge is -2.43. The second-order valence-corrected chi connectivity index (χ2v) is 7.31. The molecule has 23 heavy (non-hydrogen) atoms. The molecule has 1 aliphatic heterocycles. The summed E-state index contributed by atoms with van der Waals surface area (Å²) >= 11 is 1.66. The lowest BCUT2D eigenvalue weighted by Crippen LogP contribution is -2.64. The van der Waals surface area contributed by atoms with Crippen LogP contribution in [0.15, 0.2) is 5.38 Å². The standard InChI is InChI=1S/C16H24N4O2S/c1-11-10-23-15(18-11)7-4-8-17-16(22)20-9-14(21)19-12-5-2-3-6-13(12)20/h10,12-13H,2-9H2,1H3,(H,17,22)(H,19,21)/t12-,13-/m1/s1. The van der Waals surface area contributed by atoms with E-state index in [0.717, 1.165) is 49.2 Å². The van der Waals surface area contributed by atoms with Crippen molar-refractivity contribution in [2.75, 3.05) is 13.1 Å². The highest BCUT2D eigenvalue weighted by atomic mass is 32.1. The zero-order valence-electron chi connectivity index (χ0n) is 13.5. The number of rotatable bonds is 4. The van der Waals surface area contributed by atoms with Gasteiger partial charge in [0.25, 0.3) is 0 Å². The number of carbonyl (C=O) groups excluding carboxylic acids is 2. The molecule has 7 heteroatoms. The zero-order valence-corrected chi connectivity index (χ0v) is 14.3. The van der Waals surface area contributed by atoms with Gasteiger partial charge in [0.2, 0.25) is 5.91 Å². The van der Waals surface area contributed by atoms with E-state index in [9.17, 15) is 9.59 Å². The molecule has 126 valence electrons. The van der Waals surface area contributed by atoms with Crippen molar-refractivity contribution in [3.8, 4) is 0 Å². The van der Waals surface area contributed by atoms with E-state index < -0.39 is 0 Å². The maximum atomic E-state index is 12.4. The van der Waals surface area contributed by atoms with Crippen LogP contribution in [0.4, 0.5) is 4.79 Å². The Morgan fingerprint density at radius 1 is 1.48 bits per heavy atom. The molecule has 2 heterocycles. The van der Waals surface area contributed by atoms with Crippen molar-refractivity contribution in [2.24, 2.45) is 0 Å². The highest BCUT2D eigenvalue weighted by Gasteiger charge is 2.38. The first kappa shape index (κ1) is 16.2. The van der Waals surface area contributed by atoms with Crippen molar-refractivity contribution >= 4 is 23.3 Å². The Balaban J connectivity index is 1.47. The molecule has 2 N–H and O–H groups in total. The Morgan fingerprint density at radius 3 is 3.09 bits per heavy atom. The highest BCUT2D eigenvalue weighted by molar-refractivity contribution is 7.09. The summed E-state index contributed by atoms with van der Waals surface area (Å²) in [5.74, 6) is -0.0402. The molecule has 1 saturated carbocycles. The van der Waals surface area contributed by atoms with E-state index in [-0.39, 0.29) is 30.6 Å². The summed E-state index contributed by atoms with van der Waals surface area (Å²) in [7, 11) is 0. The van der Waals surface area contributed by atoms with Crippen molar-refractivity contribution in [1.82, 2.24) is 20.5 Å². The number of carbonyl (C=O) groups is 2. The van der Waals surface area contributed by atoms with E-state index in [2.05, 4.69) is 15.6 Å². The van der Waals surface area contributed by atoms with Gasteiger partial charge in [-0.15, -0.1) is 11.3 Å². The van der Waals surface area contributed by atoms with E-state index in [1.165, 1.54) is 0 Å². The van der Waals surface area contributed by atoms with Gasteiger partial charge in [-0.05, 0) is 26.2 Å². The van der Waals surface area contributed by atoms with Crippen molar-refractivity contribution in [3.05, 3.63) is 16.1 Å². The number of nitrogens with zero attached hydrogens (tertiary/aromatic N) is 2. The molecule has 0 spiro atoms. The van der Waals surface area contributed by atoms with Crippen LogP contribution in [0.2, 0.25) is 0 Å². The molecule has 0 unspecified atom stereocenters. The van der Waals surface area contributed by atoms with Crippen LogP contribution in [0.3, 0.4) is 0 Å². The number of amides is 3. The minimum Gasteiger partial charge on any atom is -0.350 e. The number of piperazine rings is 1. The second-order valence-electron chi connectivity index (χ2n) is 6.37. The molecule has 2 atom stereocenters. The smallest absolute Gasteiger partial charge is 0.318 e. The SMILES string of the molecule is Cc1csc(CCCNC(=O)N2CC(=O)N[C@@H]3CCCC[C@H]32)n1. The molecule has 0 aromatic carbocycles. The van der Waals surface area contributed by atoms with Crippen LogP contribution in [0, 0.1) is 6.92 Å². The number of fused-ring (bicyclic) bond motifs is 1. The Hall–Kier alpha value is -1.63. The van der Waals surface area contributed by atoms with Gasteiger partial charge >= 0.3 is 6.03 Å². The monoisotopic (exact) mass is 336 g/mol. The van der Waals surface area contributed by atoms with Crippen molar-refractivity contribution in [2.45, 2.75) is 57.5 Å². The average molecular weight is 336 g/mol. The summed E-state index contributed by atoms with van der Waals surface area (Å²) < 4.78 is 0. The Labute approximate surface area is 140 Å². The van der Waals surface area contributed by atoms with E-state index >= 15 is 0 Å². The minimum atomic E-state index is -0.105. The van der Waals surface area contributed by atoms with Gasteiger partial charge < -0.3 is 15.5 Å². The molecule has 0 bridgehead atoms. The van der Waals surface area contributed by atoms with Gasteiger partial charge in [0, 0.05) is 30.1 Å². The molecule has 1 saturated heterocycles. The van der Waals surface area contributed by atoms with Gasteiger partial charge in [0.05, 0.1) is 11.0 Å². The van der Waals surface area contributed by atoms with Crippen molar-refractivity contribution in [3.63, 3.8) is 0 Å². The number of hydrogen-bond donors (Lipinski definition) is 2. The Kier molecular flexibility index (Phi) is 5.15. The van der Waals surface area contributed by atoms with E-state index in [1.807, 2.05) is 12.3 Å². The molecular formula is C16H24N4O2S. The van der Waals surface area contributed by atoms with Gasteiger partial charge in [-0.25, -0.2) is 9.78 Å². The summed E-state index contributed by atoms with van der Waals surface area (Å²) in [6, 6.07) is 0.184. The molecule has 2 aliphatic rings. The van der Waals surface area contributed by atoms with Gasteiger partial charge in [-0.3, -0.25) is 4.79 Å². The fourth-order valence-corrected chi connectivity index (χ4v) is 4.27. The van der Waals surface area contributed by atoms with Crippen LogP contribution in [-0.4, -0.2) is 47.0 Å². The van der Waals surface area contributed by atoms with Crippen molar-refractivity contribution < 1.29 is 9.59 Å². The first-order valence-electron chi connectivity index (χ1n) is 8.38. The number of nitrogens with one attached hydrogen (secondary N) is 2. The third kappa shape index (κ3) is 4.02. The van der Waals surface area contributed by atoms with Crippen molar-refractivity contribution in [1.29, 1.82) is 0 Å². The fraction of sp³-hybridized carbons (Fsp3) is 0.688. The molecule has 0 radical (unpaired) electrons. The highest BCUT2D eigenvalue weighted by Crippen LogP contribution is 2.25. The third-order valence-electron chi connectivity index (χ3n) is 4.56. The number of aromatic nitrogens is 1. The summed E-state index contributed by atoms with van der Waals surface area (Å²) in [4.78, 5) is 30.4. The van der Waals surface area contributed by atoms with E-state index in [1.54, 1.807) is 16.2 Å². The van der Waals surface area contributed by atoms with Crippen LogP contribution >= 0.6 is 11.3 Å². The van der Waals surface area contributed by atoms with Crippen LogP contribution in [0.5, 0.6) is 0 Å². The lowest BCUT2D eigenvalue weighted by atomic mass is 9.87. The topological polar surface area (TPSA) is 74.3 Å². The molecule has 2 fully saturated rings. The molecule has 1 aromatic rings. The predicted molar refractivity (Wildman–Crippen MR) is 89.5 cm³/mol. The minimum absolute atomic E-state index is 0.0402. The number of thiazole rings is 1. The van der Waals surface area contributed by atoms with Gasteiger partial charge in [0.1, 0.15) is 6.54 Å². The summed E-state index contributed by atoms with van der Waals surface area (Å²) in [5, 5.41) is 9.15. The molecule has 3 amide bonds. The first-order valence-corrected chi connectivity index (χ1v) is 9.26. The largest absolute Gasteiger partial charge is 0.350 e. The Morgan fingerprint density at radius 2 is 2.30 bits per heavy atom. The first-order chi connectivity index (χ1) is 11.1. The van der Waals surface area contributed by atoms with Gasteiger partial charge in [0.15, 0.2) is 0 Å². The Bertz CT molecular complexity index is 574. The zero-order chi connectivity index (χ0) is 16.2. The van der Waals surface area contributed by atoms with Crippen LogP contribution in [0.1, 0.15) is 42.8 Å². The molecule has 1 aromatic heterocycles. The normalized spacial score (nSPS) is 24.0. The van der Waals surface area contributed by atoms with Gasteiger partial charge in [-0.2, -0.15) is 0 Å². The molecule has 1 aliphatic carbocycles. The fourth-order valence-electron chi connectivity index (χ4n) is 3.45. The lowest BCUT2D eigenvalue weighted by molar-refractivity contribution is -0.126. The molecular weight excluding hydrogens is 312 g/mol. The number of hydrogen-bond acceptors (Lipinski definition) is 4. The molecule has 3 rings (SSSR count). The second kappa shape index (κ2) is 7.29. The van der Waals surface area contributed by atoms with Gasteiger partial charge in [-0.1, -0.05) is 12.8 Å². The maximum absolute atomic E-state index is 12.4. The summed E-state index contributed by atoms with van der Waals surface area (Å²) in [5.41, 5.74) is 1.05. The maximum Gasteiger partial charge on any atom is 0.318 e. The predicted octanol–water partition coefficient (Wildman–Crippen LogP) is 1.84. The quantitative estimate of drug-likeness (QED) is 0.824. The number of aryl methyl sites for hydroxylation is 2. The summed E-state index contributed by atoms with van der Waals surface area (Å²) in [6.07, 6.45) is 5.97. The number of urea groups is 1. The summed E-state index contributed by atoms with van der Waals surface area (Å²) in [6.45, 7) is 2.79. The molecule has 6 nitrogen and oxygen atoms in total. The average Bonchev–Trinajstić information content (AvgIpc) is 2.96. The van der Waals surface area contributed by atoms with Crippen LogP contribution in [-0.2, 0) is 11.2 Å². The van der Waals surface area contributed by atoms with Crippen LogP contribution in [0.25, 0.3) is 0 Å². The third-order valence-corrected chi connectivity index (χ3v) is 5.59.